The van der Waals surface area contributed by atoms with Crippen molar-refractivity contribution < 1.29 is 13.6 Å². The Morgan fingerprint density at radius 3 is 2.76 bits per heavy atom. The molecule has 1 aliphatic heterocycles. The molecule has 0 unspecified atom stereocenters. The largest absolute Gasteiger partial charge is 0.341 e. The van der Waals surface area contributed by atoms with Crippen molar-refractivity contribution in [2.24, 2.45) is 5.73 Å². The molecule has 2 N–H and O–H groups in total. The Kier molecular flexibility index (Phi) is 5.64. The summed E-state index contributed by atoms with van der Waals surface area (Å²) in [5.41, 5.74) is 5.65. The number of carbonyl (C=O) groups excluding carboxylic acids is 1. The van der Waals surface area contributed by atoms with E-state index >= 15 is 0 Å². The van der Waals surface area contributed by atoms with E-state index in [0.717, 1.165) is 32.1 Å². The van der Waals surface area contributed by atoms with Crippen LogP contribution in [0.1, 0.15) is 12.0 Å². The first kappa shape index (κ1) is 15.9. The highest BCUT2D eigenvalue weighted by molar-refractivity contribution is 5.78. The van der Waals surface area contributed by atoms with Crippen LogP contribution in [0.3, 0.4) is 0 Å². The first-order valence-corrected chi connectivity index (χ1v) is 7.25. The zero-order valence-electron chi connectivity index (χ0n) is 12.0. The van der Waals surface area contributed by atoms with Crippen LogP contribution in [-0.2, 0) is 11.2 Å². The summed E-state index contributed by atoms with van der Waals surface area (Å²) in [4.78, 5) is 16.2. The minimum atomic E-state index is -0.926. The molecule has 0 radical (unpaired) electrons. The molecule has 0 atom stereocenters. The molecule has 1 aromatic carbocycles. The molecule has 4 nitrogen and oxygen atoms in total. The van der Waals surface area contributed by atoms with E-state index in [-0.39, 0.29) is 17.9 Å². The van der Waals surface area contributed by atoms with Crippen LogP contribution in [0.15, 0.2) is 18.2 Å². The number of amides is 1. The highest BCUT2D eigenvalue weighted by Gasteiger charge is 2.20. The number of halogens is 2. The number of hydrogen-bond acceptors (Lipinski definition) is 3. The molecule has 0 saturated carbocycles. The third kappa shape index (κ3) is 4.22. The van der Waals surface area contributed by atoms with E-state index in [1.807, 2.05) is 0 Å². The Labute approximate surface area is 123 Å². The molecule has 116 valence electrons. The molecule has 1 saturated heterocycles. The SMILES string of the molecule is NCCN1CCCN(C(=O)Cc2cccc(F)c2F)CC1. The van der Waals surface area contributed by atoms with Crippen molar-refractivity contribution in [3.05, 3.63) is 35.4 Å². The van der Waals surface area contributed by atoms with E-state index in [0.29, 0.717) is 19.6 Å². The molecule has 1 amide bonds. The fraction of sp³-hybridized carbons (Fsp3) is 0.533. The smallest absolute Gasteiger partial charge is 0.227 e. The molecule has 0 spiro atoms. The molecule has 2 rings (SSSR count). The Morgan fingerprint density at radius 1 is 1.19 bits per heavy atom. The molecule has 0 aromatic heterocycles. The van der Waals surface area contributed by atoms with Crippen LogP contribution in [0, 0.1) is 11.6 Å². The van der Waals surface area contributed by atoms with Gasteiger partial charge in [-0.2, -0.15) is 0 Å². The van der Waals surface area contributed by atoms with E-state index in [9.17, 15) is 13.6 Å². The van der Waals surface area contributed by atoms with Gasteiger partial charge in [0.05, 0.1) is 6.42 Å². The molecule has 21 heavy (non-hydrogen) atoms. The summed E-state index contributed by atoms with van der Waals surface area (Å²) in [6.07, 6.45) is 0.776. The van der Waals surface area contributed by atoms with E-state index < -0.39 is 11.6 Å². The van der Waals surface area contributed by atoms with Gasteiger partial charge in [-0.15, -0.1) is 0 Å². The molecular formula is C15H21F2N3O. The van der Waals surface area contributed by atoms with Crippen LogP contribution in [0.5, 0.6) is 0 Å². The van der Waals surface area contributed by atoms with E-state index in [2.05, 4.69) is 4.90 Å². The first-order chi connectivity index (χ1) is 10.1. The molecule has 1 heterocycles. The lowest BCUT2D eigenvalue weighted by Gasteiger charge is -2.21. The second-order valence-corrected chi connectivity index (χ2v) is 5.25. The monoisotopic (exact) mass is 297 g/mol. The van der Waals surface area contributed by atoms with E-state index in [1.54, 1.807) is 4.90 Å². The van der Waals surface area contributed by atoms with Crippen molar-refractivity contribution in [2.45, 2.75) is 12.8 Å². The van der Waals surface area contributed by atoms with Gasteiger partial charge in [-0.25, -0.2) is 8.78 Å². The maximum Gasteiger partial charge on any atom is 0.227 e. The molecule has 0 bridgehead atoms. The maximum absolute atomic E-state index is 13.6. The summed E-state index contributed by atoms with van der Waals surface area (Å²) in [7, 11) is 0. The second kappa shape index (κ2) is 7.47. The topological polar surface area (TPSA) is 49.6 Å². The summed E-state index contributed by atoms with van der Waals surface area (Å²) in [5.74, 6) is -2.00. The number of hydrogen-bond donors (Lipinski definition) is 1. The van der Waals surface area contributed by atoms with Crippen molar-refractivity contribution >= 4 is 5.91 Å². The Balaban J connectivity index is 1.95. The van der Waals surface area contributed by atoms with Crippen LogP contribution in [0.25, 0.3) is 0 Å². The zero-order chi connectivity index (χ0) is 15.2. The first-order valence-electron chi connectivity index (χ1n) is 7.25. The number of benzene rings is 1. The van der Waals surface area contributed by atoms with Crippen molar-refractivity contribution in [1.82, 2.24) is 9.80 Å². The second-order valence-electron chi connectivity index (χ2n) is 5.25. The lowest BCUT2D eigenvalue weighted by Crippen LogP contribution is -2.37. The van der Waals surface area contributed by atoms with Gasteiger partial charge in [0.1, 0.15) is 0 Å². The summed E-state index contributed by atoms with van der Waals surface area (Å²) in [6.45, 7) is 4.36. The van der Waals surface area contributed by atoms with Gasteiger partial charge >= 0.3 is 0 Å². The molecular weight excluding hydrogens is 276 g/mol. The average molecular weight is 297 g/mol. The zero-order valence-corrected chi connectivity index (χ0v) is 12.0. The normalized spacial score (nSPS) is 16.8. The molecule has 0 aliphatic carbocycles. The van der Waals surface area contributed by atoms with Gasteiger partial charge in [0.25, 0.3) is 0 Å². The molecule has 1 fully saturated rings. The van der Waals surface area contributed by atoms with Gasteiger partial charge in [-0.1, -0.05) is 12.1 Å². The van der Waals surface area contributed by atoms with Crippen molar-refractivity contribution in [1.29, 1.82) is 0 Å². The maximum atomic E-state index is 13.6. The third-order valence-corrected chi connectivity index (χ3v) is 3.76. The van der Waals surface area contributed by atoms with Gasteiger partial charge in [-0.3, -0.25) is 4.79 Å². The number of nitrogens with zero attached hydrogens (tertiary/aromatic N) is 2. The van der Waals surface area contributed by atoms with Gasteiger partial charge in [0, 0.05) is 38.3 Å². The summed E-state index contributed by atoms with van der Waals surface area (Å²) in [6, 6.07) is 3.93. The minimum absolute atomic E-state index is 0.0967. The number of nitrogens with two attached hydrogens (primary N) is 1. The highest BCUT2D eigenvalue weighted by Crippen LogP contribution is 2.14. The van der Waals surface area contributed by atoms with Crippen LogP contribution >= 0.6 is 0 Å². The Morgan fingerprint density at radius 2 is 2.00 bits per heavy atom. The fourth-order valence-electron chi connectivity index (χ4n) is 2.59. The standard InChI is InChI=1S/C15H21F2N3O/c16-13-4-1-3-12(15(13)17)11-14(21)20-7-2-6-19(8-5-18)9-10-20/h1,3-4H,2,5-11,18H2. The molecule has 1 aliphatic rings. The van der Waals surface area contributed by atoms with Gasteiger partial charge < -0.3 is 15.5 Å². The lowest BCUT2D eigenvalue weighted by atomic mass is 10.1. The van der Waals surface area contributed by atoms with Crippen LogP contribution in [-0.4, -0.2) is 55.0 Å². The van der Waals surface area contributed by atoms with Crippen LogP contribution in [0.4, 0.5) is 8.78 Å². The molecule has 1 aromatic rings. The Hall–Kier alpha value is -1.53. The fourth-order valence-corrected chi connectivity index (χ4v) is 2.59. The van der Waals surface area contributed by atoms with E-state index in [1.165, 1.54) is 12.1 Å². The minimum Gasteiger partial charge on any atom is -0.341 e. The van der Waals surface area contributed by atoms with Crippen LogP contribution in [0.2, 0.25) is 0 Å². The molecule has 6 heteroatoms. The van der Waals surface area contributed by atoms with Gasteiger partial charge in [-0.05, 0) is 19.0 Å². The average Bonchev–Trinajstić information content (AvgIpc) is 2.70. The van der Waals surface area contributed by atoms with E-state index in [4.69, 9.17) is 5.73 Å². The quantitative estimate of drug-likeness (QED) is 0.902. The predicted octanol–water partition coefficient (Wildman–Crippen LogP) is 1.00. The Bertz CT molecular complexity index is 496. The summed E-state index contributed by atoms with van der Waals surface area (Å²) < 4.78 is 26.8. The third-order valence-electron chi connectivity index (χ3n) is 3.76. The number of rotatable bonds is 4. The van der Waals surface area contributed by atoms with Gasteiger partial charge in [0.2, 0.25) is 5.91 Å². The number of carbonyl (C=O) groups is 1. The van der Waals surface area contributed by atoms with Crippen molar-refractivity contribution in [3.8, 4) is 0 Å². The highest BCUT2D eigenvalue weighted by atomic mass is 19.2. The van der Waals surface area contributed by atoms with Crippen molar-refractivity contribution in [2.75, 3.05) is 39.3 Å². The summed E-state index contributed by atoms with van der Waals surface area (Å²) in [5, 5.41) is 0. The van der Waals surface area contributed by atoms with Crippen LogP contribution < -0.4 is 5.73 Å². The van der Waals surface area contributed by atoms with Gasteiger partial charge in [0.15, 0.2) is 11.6 Å². The summed E-state index contributed by atoms with van der Waals surface area (Å²) >= 11 is 0. The predicted molar refractivity (Wildman–Crippen MR) is 76.8 cm³/mol. The lowest BCUT2D eigenvalue weighted by molar-refractivity contribution is -0.130. The van der Waals surface area contributed by atoms with Crippen molar-refractivity contribution in [3.63, 3.8) is 0 Å².